The van der Waals surface area contributed by atoms with E-state index in [1.807, 2.05) is 54.0 Å². The molecule has 1 aromatic heterocycles. The Morgan fingerprint density at radius 3 is 2.68 bits per heavy atom. The Bertz CT molecular complexity index is 1190. The predicted octanol–water partition coefficient (Wildman–Crippen LogP) is 3.18. The molecule has 0 radical (unpaired) electrons. The van der Waals surface area contributed by atoms with Gasteiger partial charge in [0, 0.05) is 5.69 Å². The number of aryl methyl sites for hydroxylation is 1. The van der Waals surface area contributed by atoms with Crippen LogP contribution in [0.5, 0.6) is 0 Å². The van der Waals surface area contributed by atoms with Crippen LogP contribution < -0.4 is 10.7 Å². The molecule has 4 rings (SSSR count). The van der Waals surface area contributed by atoms with E-state index < -0.39 is 23.4 Å². The molecule has 2 heterocycles. The van der Waals surface area contributed by atoms with Crippen LogP contribution >= 0.6 is 11.8 Å². The summed E-state index contributed by atoms with van der Waals surface area (Å²) in [6.45, 7) is 5.46. The van der Waals surface area contributed by atoms with Gasteiger partial charge in [-0.25, -0.2) is 9.78 Å². The lowest BCUT2D eigenvalue weighted by Gasteiger charge is -2.19. The first-order valence-electron chi connectivity index (χ1n) is 9.96. The van der Waals surface area contributed by atoms with Gasteiger partial charge in [0.1, 0.15) is 5.54 Å². The van der Waals surface area contributed by atoms with Crippen molar-refractivity contribution in [3.63, 3.8) is 0 Å². The minimum absolute atomic E-state index is 0.00492. The summed E-state index contributed by atoms with van der Waals surface area (Å²) in [5, 5.41) is 4.02. The second-order valence-electron chi connectivity index (χ2n) is 7.64. The summed E-state index contributed by atoms with van der Waals surface area (Å²) in [6.07, 6.45) is 0.430. The highest BCUT2D eigenvalue weighted by molar-refractivity contribution is 7.99. The Balaban J connectivity index is 1.55. The number of fused-ring (bicyclic) bond motifs is 1. The molecule has 8 nitrogen and oxygen atoms in total. The molecule has 9 heteroatoms. The Hall–Kier alpha value is -3.33. The van der Waals surface area contributed by atoms with Gasteiger partial charge in [0.25, 0.3) is 5.91 Å². The fraction of sp³-hybridized carbons (Fsp3) is 0.273. The van der Waals surface area contributed by atoms with Crippen molar-refractivity contribution in [2.45, 2.75) is 37.9 Å². The lowest BCUT2D eigenvalue weighted by Crippen LogP contribution is -2.49. The summed E-state index contributed by atoms with van der Waals surface area (Å²) in [5.74, 6) is -0.934. The fourth-order valence-corrected chi connectivity index (χ4v) is 4.25. The molecule has 0 bridgehead atoms. The Labute approximate surface area is 184 Å². The van der Waals surface area contributed by atoms with Crippen LogP contribution in [0.3, 0.4) is 0 Å². The molecular formula is C22H23N5O3S. The van der Waals surface area contributed by atoms with Gasteiger partial charge >= 0.3 is 6.03 Å². The van der Waals surface area contributed by atoms with Gasteiger partial charge < -0.3 is 5.32 Å². The average Bonchev–Trinajstić information content (AvgIpc) is 3.22. The second-order valence-corrected chi connectivity index (χ2v) is 8.58. The molecule has 1 unspecified atom stereocenters. The minimum Gasteiger partial charge on any atom is -0.322 e. The van der Waals surface area contributed by atoms with Gasteiger partial charge in [-0.3, -0.25) is 19.6 Å². The molecule has 1 atom stereocenters. The van der Waals surface area contributed by atoms with Crippen molar-refractivity contribution >= 4 is 40.6 Å². The predicted molar refractivity (Wildman–Crippen MR) is 119 cm³/mol. The zero-order valence-corrected chi connectivity index (χ0v) is 18.3. The number of rotatable bonds is 6. The zero-order valence-electron chi connectivity index (χ0n) is 17.5. The molecule has 1 aliphatic rings. The van der Waals surface area contributed by atoms with Gasteiger partial charge in [0.05, 0.1) is 16.8 Å². The number of aromatic nitrogens is 2. The monoisotopic (exact) mass is 437 g/mol. The molecule has 0 aliphatic carbocycles. The average molecular weight is 438 g/mol. The summed E-state index contributed by atoms with van der Waals surface area (Å²) in [7, 11) is 0. The Kier molecular flexibility index (Phi) is 5.45. The Morgan fingerprint density at radius 1 is 1.19 bits per heavy atom. The Morgan fingerprint density at radius 2 is 1.97 bits per heavy atom. The topological polar surface area (TPSA) is 96.3 Å². The van der Waals surface area contributed by atoms with Crippen molar-refractivity contribution in [1.82, 2.24) is 25.3 Å². The molecular weight excluding hydrogens is 414 g/mol. The molecule has 31 heavy (non-hydrogen) atoms. The summed E-state index contributed by atoms with van der Waals surface area (Å²) >= 11 is 1.24. The molecule has 0 spiro atoms. The summed E-state index contributed by atoms with van der Waals surface area (Å²) < 4.78 is 2.00. The number of thioether (sulfide) groups is 1. The van der Waals surface area contributed by atoms with Crippen molar-refractivity contribution in [1.29, 1.82) is 0 Å². The van der Waals surface area contributed by atoms with Crippen molar-refractivity contribution in [2.24, 2.45) is 0 Å². The number of amides is 4. The molecule has 1 saturated heterocycles. The zero-order chi connectivity index (χ0) is 22.2. The third kappa shape index (κ3) is 3.88. The van der Waals surface area contributed by atoms with E-state index >= 15 is 0 Å². The van der Waals surface area contributed by atoms with Crippen molar-refractivity contribution in [2.75, 3.05) is 5.75 Å². The SMILES string of the molecule is CCC1(C)NC(=O)N(NC(=O)CSc2nc3ccccc3n2-c2cccc(C)c2)C1=O. The van der Waals surface area contributed by atoms with E-state index in [9.17, 15) is 14.4 Å². The van der Waals surface area contributed by atoms with Crippen LogP contribution in [0.15, 0.2) is 53.7 Å². The largest absolute Gasteiger partial charge is 0.344 e. The summed E-state index contributed by atoms with van der Waals surface area (Å²) in [4.78, 5) is 41.8. The van der Waals surface area contributed by atoms with E-state index in [-0.39, 0.29) is 5.75 Å². The van der Waals surface area contributed by atoms with Gasteiger partial charge in [-0.15, -0.1) is 0 Å². The van der Waals surface area contributed by atoms with Gasteiger partial charge in [-0.2, -0.15) is 5.01 Å². The first kappa shape index (κ1) is 20.9. The standard InChI is InChI=1S/C22H23N5O3S/c1-4-22(3)19(29)27(20(30)24-22)25-18(28)13-31-21-23-16-10-5-6-11-17(16)26(21)15-9-7-8-14(2)12-15/h5-12H,4,13H2,1-3H3,(H,24,30)(H,25,28). The number of hydrogen-bond acceptors (Lipinski definition) is 5. The smallest absolute Gasteiger partial charge is 0.322 e. The molecule has 160 valence electrons. The van der Waals surface area contributed by atoms with Crippen LogP contribution in [0.25, 0.3) is 16.7 Å². The molecule has 1 fully saturated rings. The normalized spacial score (nSPS) is 18.5. The number of para-hydroxylation sites is 2. The number of carbonyl (C=O) groups is 3. The highest BCUT2D eigenvalue weighted by atomic mass is 32.2. The minimum atomic E-state index is -1.00. The van der Waals surface area contributed by atoms with Crippen LogP contribution in [0.2, 0.25) is 0 Å². The third-order valence-corrected chi connectivity index (χ3v) is 6.27. The number of hydrazine groups is 1. The van der Waals surface area contributed by atoms with E-state index in [4.69, 9.17) is 0 Å². The number of benzene rings is 2. The maximum Gasteiger partial charge on any atom is 0.344 e. The molecule has 0 saturated carbocycles. The number of urea groups is 1. The van der Waals surface area contributed by atoms with Crippen molar-refractivity contribution in [3.8, 4) is 5.69 Å². The van der Waals surface area contributed by atoms with Crippen molar-refractivity contribution < 1.29 is 14.4 Å². The first-order valence-corrected chi connectivity index (χ1v) is 10.9. The van der Waals surface area contributed by atoms with Gasteiger partial charge in [-0.05, 0) is 50.1 Å². The van der Waals surface area contributed by atoms with Crippen LogP contribution in [-0.2, 0) is 9.59 Å². The lowest BCUT2D eigenvalue weighted by molar-refractivity contribution is -0.137. The van der Waals surface area contributed by atoms with E-state index in [2.05, 4.69) is 21.8 Å². The van der Waals surface area contributed by atoms with Crippen LogP contribution in [0.1, 0.15) is 25.8 Å². The molecule has 1 aliphatic heterocycles. The van der Waals surface area contributed by atoms with E-state index in [0.29, 0.717) is 11.6 Å². The molecule has 3 aromatic rings. The van der Waals surface area contributed by atoms with Crippen LogP contribution in [0.4, 0.5) is 4.79 Å². The second kappa shape index (κ2) is 8.07. The van der Waals surface area contributed by atoms with Crippen LogP contribution in [-0.4, -0.2) is 43.7 Å². The van der Waals surface area contributed by atoms with E-state index in [0.717, 1.165) is 27.3 Å². The molecule has 4 amide bonds. The van der Waals surface area contributed by atoms with E-state index in [1.54, 1.807) is 13.8 Å². The lowest BCUT2D eigenvalue weighted by atomic mass is 10.00. The highest BCUT2D eigenvalue weighted by Crippen LogP contribution is 2.28. The summed E-state index contributed by atoms with van der Waals surface area (Å²) in [6, 6.07) is 15.2. The number of nitrogens with zero attached hydrogens (tertiary/aromatic N) is 3. The molecule has 2 N–H and O–H groups in total. The summed E-state index contributed by atoms with van der Waals surface area (Å²) in [5.41, 5.74) is 5.23. The number of nitrogens with one attached hydrogen (secondary N) is 2. The molecule has 2 aromatic carbocycles. The number of imidazole rings is 1. The number of hydrogen-bond donors (Lipinski definition) is 2. The fourth-order valence-electron chi connectivity index (χ4n) is 3.43. The van der Waals surface area contributed by atoms with Gasteiger partial charge in [0.15, 0.2) is 5.16 Å². The van der Waals surface area contributed by atoms with Crippen LogP contribution in [0, 0.1) is 6.92 Å². The highest BCUT2D eigenvalue weighted by Gasteiger charge is 2.47. The van der Waals surface area contributed by atoms with E-state index in [1.165, 1.54) is 11.8 Å². The quantitative estimate of drug-likeness (QED) is 0.456. The maximum absolute atomic E-state index is 12.5. The third-order valence-electron chi connectivity index (χ3n) is 5.33. The van der Waals surface area contributed by atoms with Gasteiger partial charge in [0.2, 0.25) is 5.91 Å². The maximum atomic E-state index is 12.5. The van der Waals surface area contributed by atoms with Crippen molar-refractivity contribution in [3.05, 3.63) is 54.1 Å². The first-order chi connectivity index (χ1) is 14.8. The van der Waals surface area contributed by atoms with Gasteiger partial charge in [-0.1, -0.05) is 43.0 Å². The number of carbonyl (C=O) groups excluding carboxylic acids is 3. The number of imide groups is 1.